The number of amides is 1. The number of nitrogens with one attached hydrogen (secondary N) is 2. The first-order valence-electron chi connectivity index (χ1n) is 8.59. The van der Waals surface area contributed by atoms with Crippen molar-refractivity contribution in [2.24, 2.45) is 11.8 Å². The number of hydrogen-bond donors (Lipinski definition) is 5. The summed E-state index contributed by atoms with van der Waals surface area (Å²) in [5, 5.41) is 32.5. The fourth-order valence-corrected chi connectivity index (χ4v) is 2.87. The minimum absolute atomic E-state index is 0.0404. The number of allylic oxidation sites excluding steroid dienone is 1. The summed E-state index contributed by atoms with van der Waals surface area (Å²) in [6.07, 6.45) is -1.57. The standard InChI is InChI=1S/C15H26N2O4.C2HF3O2/c1-5-6-10-7-11(15(20)21)17-12(10)13(16-9(4)18)14(19)8(2)3;3-2(4,5)1(6)7/h5-6,8,10-14,17,19H,7H2,1-4H3,(H,16,18)(H,20,21);(H,6,7)/b6-5-;/t10-,11-,12-,13-,14-;/m1./s1. The van der Waals surface area contributed by atoms with Crippen LogP contribution in [0.15, 0.2) is 12.2 Å². The summed E-state index contributed by atoms with van der Waals surface area (Å²) >= 11 is 0. The lowest BCUT2D eigenvalue weighted by molar-refractivity contribution is -0.192. The van der Waals surface area contributed by atoms with E-state index in [0.717, 1.165) is 0 Å². The zero-order chi connectivity index (χ0) is 22.2. The van der Waals surface area contributed by atoms with Gasteiger partial charge in [-0.2, -0.15) is 13.2 Å². The zero-order valence-electron chi connectivity index (χ0n) is 16.0. The molecule has 0 unspecified atom stereocenters. The molecule has 1 aliphatic heterocycles. The summed E-state index contributed by atoms with van der Waals surface area (Å²) in [6, 6.07) is -1.48. The van der Waals surface area contributed by atoms with Gasteiger partial charge in [-0.25, -0.2) is 4.79 Å². The van der Waals surface area contributed by atoms with E-state index >= 15 is 0 Å². The van der Waals surface area contributed by atoms with Crippen molar-refractivity contribution in [2.45, 2.75) is 64.5 Å². The maximum atomic E-state index is 11.4. The predicted molar refractivity (Wildman–Crippen MR) is 93.4 cm³/mol. The number of aliphatic carboxylic acids is 2. The first-order chi connectivity index (χ1) is 12.7. The molecule has 162 valence electrons. The molecular weight excluding hydrogens is 385 g/mol. The van der Waals surface area contributed by atoms with Gasteiger partial charge in [-0.3, -0.25) is 14.9 Å². The van der Waals surface area contributed by atoms with Crippen molar-refractivity contribution < 1.29 is 42.9 Å². The SMILES string of the molecule is C/C=C\[C@@H]1C[C@H](C(=O)O)N[C@H]1[C@@H](NC(C)=O)[C@H](O)C(C)C.O=C(O)C(F)(F)F. The maximum Gasteiger partial charge on any atom is 0.490 e. The summed E-state index contributed by atoms with van der Waals surface area (Å²) < 4.78 is 31.7. The third-order valence-electron chi connectivity index (χ3n) is 4.15. The fraction of sp³-hybridized carbons (Fsp3) is 0.706. The summed E-state index contributed by atoms with van der Waals surface area (Å²) in [5.74, 6) is -3.99. The van der Waals surface area contributed by atoms with E-state index in [0.29, 0.717) is 6.42 Å². The van der Waals surface area contributed by atoms with Gasteiger partial charge in [0.25, 0.3) is 0 Å². The highest BCUT2D eigenvalue weighted by molar-refractivity contribution is 5.75. The number of carbonyl (C=O) groups is 3. The molecule has 0 aromatic heterocycles. The van der Waals surface area contributed by atoms with Crippen molar-refractivity contribution in [3.05, 3.63) is 12.2 Å². The molecule has 5 N–H and O–H groups in total. The number of hydrogen-bond acceptors (Lipinski definition) is 5. The van der Waals surface area contributed by atoms with Gasteiger partial charge in [0, 0.05) is 13.0 Å². The molecule has 5 atom stereocenters. The van der Waals surface area contributed by atoms with Crippen LogP contribution in [0, 0.1) is 11.8 Å². The van der Waals surface area contributed by atoms with E-state index in [1.165, 1.54) is 6.92 Å². The molecule has 1 saturated heterocycles. The van der Waals surface area contributed by atoms with Crippen molar-refractivity contribution in [1.29, 1.82) is 0 Å². The van der Waals surface area contributed by atoms with Crippen LogP contribution >= 0.6 is 0 Å². The van der Waals surface area contributed by atoms with Gasteiger partial charge in [-0.1, -0.05) is 26.0 Å². The molecule has 1 aliphatic rings. The van der Waals surface area contributed by atoms with Crippen LogP contribution in [0.1, 0.15) is 34.1 Å². The Balaban J connectivity index is 0.000000887. The van der Waals surface area contributed by atoms with Gasteiger partial charge in [0.05, 0.1) is 12.1 Å². The molecule has 0 aliphatic carbocycles. The lowest BCUT2D eigenvalue weighted by atomic mass is 9.86. The van der Waals surface area contributed by atoms with Crippen LogP contribution in [0.25, 0.3) is 0 Å². The Kier molecular flexibility index (Phi) is 10.2. The molecule has 0 aromatic carbocycles. The topological polar surface area (TPSA) is 136 Å². The number of halogens is 3. The normalized spacial score (nSPS) is 24.4. The molecule has 28 heavy (non-hydrogen) atoms. The predicted octanol–water partition coefficient (Wildman–Crippen LogP) is 1.15. The second-order valence-corrected chi connectivity index (χ2v) is 6.77. The van der Waals surface area contributed by atoms with Gasteiger partial charge in [0.2, 0.25) is 5.91 Å². The molecule has 0 aromatic rings. The summed E-state index contributed by atoms with van der Waals surface area (Å²) in [7, 11) is 0. The molecule has 0 spiro atoms. The Morgan fingerprint density at radius 1 is 1.21 bits per heavy atom. The van der Waals surface area contributed by atoms with E-state index < -0.39 is 36.3 Å². The number of aliphatic hydroxyl groups excluding tert-OH is 1. The van der Waals surface area contributed by atoms with Gasteiger partial charge in [-0.15, -0.1) is 0 Å². The van der Waals surface area contributed by atoms with Crippen molar-refractivity contribution in [2.75, 3.05) is 0 Å². The van der Waals surface area contributed by atoms with Gasteiger partial charge in [-0.05, 0) is 25.2 Å². The number of rotatable bonds is 6. The van der Waals surface area contributed by atoms with Crippen LogP contribution < -0.4 is 10.6 Å². The first kappa shape index (κ1) is 25.9. The van der Waals surface area contributed by atoms with Crippen LogP contribution in [-0.2, 0) is 14.4 Å². The van der Waals surface area contributed by atoms with Gasteiger partial charge < -0.3 is 20.6 Å². The van der Waals surface area contributed by atoms with E-state index in [1.807, 2.05) is 32.9 Å². The van der Waals surface area contributed by atoms with E-state index in [4.69, 9.17) is 9.90 Å². The highest BCUT2D eigenvalue weighted by Crippen LogP contribution is 2.27. The Bertz CT molecular complexity index is 580. The molecule has 1 fully saturated rings. The molecule has 0 radical (unpaired) electrons. The average Bonchev–Trinajstić information content (AvgIpc) is 2.95. The number of alkyl halides is 3. The van der Waals surface area contributed by atoms with Crippen LogP contribution in [0.5, 0.6) is 0 Å². The van der Waals surface area contributed by atoms with Crippen molar-refractivity contribution in [3.63, 3.8) is 0 Å². The second-order valence-electron chi connectivity index (χ2n) is 6.77. The Labute approximate surface area is 160 Å². The molecular formula is C17H27F3N2O6. The van der Waals surface area contributed by atoms with Crippen molar-refractivity contribution in [1.82, 2.24) is 10.6 Å². The van der Waals surface area contributed by atoms with Crippen LogP contribution in [0.3, 0.4) is 0 Å². The average molecular weight is 412 g/mol. The third-order valence-corrected chi connectivity index (χ3v) is 4.15. The highest BCUT2D eigenvalue weighted by Gasteiger charge is 2.43. The number of carbonyl (C=O) groups excluding carboxylic acids is 1. The third kappa shape index (κ3) is 8.26. The summed E-state index contributed by atoms with van der Waals surface area (Å²) in [4.78, 5) is 31.5. The lowest BCUT2D eigenvalue weighted by Gasteiger charge is -2.33. The largest absolute Gasteiger partial charge is 0.490 e. The van der Waals surface area contributed by atoms with E-state index in [2.05, 4.69) is 10.6 Å². The number of carboxylic acid groups (broad SMARTS) is 2. The van der Waals surface area contributed by atoms with Crippen LogP contribution in [0.2, 0.25) is 0 Å². The monoisotopic (exact) mass is 412 g/mol. The van der Waals surface area contributed by atoms with Crippen molar-refractivity contribution >= 4 is 17.8 Å². The van der Waals surface area contributed by atoms with E-state index in [1.54, 1.807) is 0 Å². The maximum absolute atomic E-state index is 11.4. The van der Waals surface area contributed by atoms with Gasteiger partial charge in [0.15, 0.2) is 0 Å². The smallest absolute Gasteiger partial charge is 0.480 e. The molecule has 1 heterocycles. The minimum atomic E-state index is -5.08. The van der Waals surface area contributed by atoms with Crippen molar-refractivity contribution in [3.8, 4) is 0 Å². The highest BCUT2D eigenvalue weighted by atomic mass is 19.4. The Hall–Kier alpha value is -2.14. The Morgan fingerprint density at radius 2 is 1.71 bits per heavy atom. The minimum Gasteiger partial charge on any atom is -0.480 e. The first-order valence-corrected chi connectivity index (χ1v) is 8.59. The molecule has 1 amide bonds. The molecule has 8 nitrogen and oxygen atoms in total. The zero-order valence-corrected chi connectivity index (χ0v) is 16.0. The summed E-state index contributed by atoms with van der Waals surface area (Å²) in [5.41, 5.74) is 0. The quantitative estimate of drug-likeness (QED) is 0.413. The number of carboxylic acids is 2. The fourth-order valence-electron chi connectivity index (χ4n) is 2.87. The van der Waals surface area contributed by atoms with Crippen LogP contribution in [-0.4, -0.2) is 63.6 Å². The van der Waals surface area contributed by atoms with Gasteiger partial charge >= 0.3 is 18.1 Å². The van der Waals surface area contributed by atoms with E-state index in [9.17, 15) is 33.0 Å². The molecule has 1 rings (SSSR count). The summed E-state index contributed by atoms with van der Waals surface area (Å²) in [6.45, 7) is 7.01. The van der Waals surface area contributed by atoms with E-state index in [-0.39, 0.29) is 23.8 Å². The molecule has 0 bridgehead atoms. The second kappa shape index (κ2) is 11.0. The molecule has 0 saturated carbocycles. The lowest BCUT2D eigenvalue weighted by Crippen LogP contribution is -2.57. The van der Waals surface area contributed by atoms with Crippen LogP contribution in [0.4, 0.5) is 13.2 Å². The number of aliphatic hydroxyl groups is 1. The Morgan fingerprint density at radius 3 is 2.04 bits per heavy atom. The van der Waals surface area contributed by atoms with Gasteiger partial charge in [0.1, 0.15) is 6.04 Å². The molecule has 11 heteroatoms.